The molecular formula is C14H24N2O2. The molecule has 3 atom stereocenters. The molecule has 0 aromatic carbocycles. The molecule has 3 unspecified atom stereocenters. The molecule has 18 heavy (non-hydrogen) atoms. The Balaban J connectivity index is 1.78. The topological polar surface area (TPSA) is 54.3 Å². The van der Waals surface area contributed by atoms with Gasteiger partial charge in [0.05, 0.1) is 18.8 Å². The van der Waals surface area contributed by atoms with Crippen LogP contribution in [0.2, 0.25) is 0 Å². The van der Waals surface area contributed by atoms with Gasteiger partial charge >= 0.3 is 0 Å². The maximum atomic E-state index is 9.46. The fourth-order valence-electron chi connectivity index (χ4n) is 3.22. The molecule has 0 amide bonds. The van der Waals surface area contributed by atoms with Gasteiger partial charge in [0, 0.05) is 13.2 Å². The summed E-state index contributed by atoms with van der Waals surface area (Å²) in [4.78, 5) is 0. The van der Waals surface area contributed by atoms with E-state index in [4.69, 9.17) is 9.47 Å². The van der Waals surface area contributed by atoms with Crippen LogP contribution in [-0.4, -0.2) is 38.0 Å². The van der Waals surface area contributed by atoms with Crippen LogP contribution in [0.1, 0.15) is 39.0 Å². The second-order valence-electron chi connectivity index (χ2n) is 5.35. The summed E-state index contributed by atoms with van der Waals surface area (Å²) in [7, 11) is 0. The quantitative estimate of drug-likeness (QED) is 0.784. The third-order valence-corrected chi connectivity index (χ3v) is 4.22. The maximum absolute atomic E-state index is 9.46. The third kappa shape index (κ3) is 3.03. The van der Waals surface area contributed by atoms with E-state index in [2.05, 4.69) is 18.3 Å². The minimum atomic E-state index is -0.301. The van der Waals surface area contributed by atoms with Crippen LogP contribution in [0.15, 0.2) is 0 Å². The van der Waals surface area contributed by atoms with Crippen LogP contribution in [0.25, 0.3) is 0 Å². The van der Waals surface area contributed by atoms with Crippen molar-refractivity contribution in [2.24, 2.45) is 5.92 Å². The lowest BCUT2D eigenvalue weighted by Gasteiger charge is -2.29. The number of rotatable bonds is 6. The zero-order valence-corrected chi connectivity index (χ0v) is 11.3. The van der Waals surface area contributed by atoms with Crippen molar-refractivity contribution >= 4 is 0 Å². The Kier molecular flexibility index (Phi) is 4.99. The first-order valence-electron chi connectivity index (χ1n) is 7.16. The molecule has 1 aliphatic carbocycles. The molecule has 2 fully saturated rings. The highest BCUT2D eigenvalue weighted by atomic mass is 16.5. The summed E-state index contributed by atoms with van der Waals surface area (Å²) in [6, 6.07) is 2.52. The molecule has 2 aliphatic rings. The van der Waals surface area contributed by atoms with E-state index in [1.807, 2.05) is 0 Å². The Morgan fingerprint density at radius 2 is 2.39 bits per heavy atom. The smallest absolute Gasteiger partial charge is 0.109 e. The van der Waals surface area contributed by atoms with Crippen LogP contribution < -0.4 is 5.32 Å². The second kappa shape index (κ2) is 6.51. The predicted molar refractivity (Wildman–Crippen MR) is 69.2 cm³/mol. The van der Waals surface area contributed by atoms with Gasteiger partial charge < -0.3 is 9.47 Å². The van der Waals surface area contributed by atoms with E-state index in [0.29, 0.717) is 5.92 Å². The molecule has 4 heteroatoms. The van der Waals surface area contributed by atoms with E-state index >= 15 is 0 Å². The summed E-state index contributed by atoms with van der Waals surface area (Å²) >= 11 is 0. The van der Waals surface area contributed by atoms with Gasteiger partial charge in [-0.3, -0.25) is 5.32 Å². The molecule has 1 saturated heterocycles. The van der Waals surface area contributed by atoms with E-state index < -0.39 is 0 Å². The van der Waals surface area contributed by atoms with E-state index in [0.717, 1.165) is 58.5 Å². The van der Waals surface area contributed by atoms with Crippen LogP contribution in [0.5, 0.6) is 0 Å². The zero-order valence-electron chi connectivity index (χ0n) is 11.3. The van der Waals surface area contributed by atoms with Crippen molar-refractivity contribution in [3.05, 3.63) is 0 Å². The highest BCUT2D eigenvalue weighted by Crippen LogP contribution is 2.37. The molecule has 0 bridgehead atoms. The molecule has 4 nitrogen and oxygen atoms in total. The SMILES string of the molecule is CCNC1(C#N)CCCC1CCOC1CCOC1. The van der Waals surface area contributed by atoms with Gasteiger partial charge in [0.15, 0.2) is 0 Å². The van der Waals surface area contributed by atoms with Crippen molar-refractivity contribution in [2.75, 3.05) is 26.4 Å². The summed E-state index contributed by atoms with van der Waals surface area (Å²) in [6.45, 7) is 5.25. The van der Waals surface area contributed by atoms with Gasteiger partial charge in [-0.05, 0) is 38.1 Å². The van der Waals surface area contributed by atoms with Crippen LogP contribution in [-0.2, 0) is 9.47 Å². The lowest BCUT2D eigenvalue weighted by molar-refractivity contribution is 0.0323. The molecule has 0 spiro atoms. The molecule has 102 valence electrons. The van der Waals surface area contributed by atoms with Crippen molar-refractivity contribution in [3.63, 3.8) is 0 Å². The Morgan fingerprint density at radius 1 is 1.50 bits per heavy atom. The van der Waals surface area contributed by atoms with Crippen LogP contribution in [0, 0.1) is 17.2 Å². The minimum Gasteiger partial charge on any atom is -0.379 e. The molecule has 1 N–H and O–H groups in total. The van der Waals surface area contributed by atoms with Gasteiger partial charge in [0.25, 0.3) is 0 Å². The molecular weight excluding hydrogens is 228 g/mol. The Hall–Kier alpha value is -0.630. The van der Waals surface area contributed by atoms with Gasteiger partial charge in [-0.15, -0.1) is 0 Å². The number of nitrogens with zero attached hydrogens (tertiary/aromatic N) is 1. The fourth-order valence-corrected chi connectivity index (χ4v) is 3.22. The number of nitriles is 1. The lowest BCUT2D eigenvalue weighted by Crippen LogP contribution is -2.47. The summed E-state index contributed by atoms with van der Waals surface area (Å²) < 4.78 is 11.1. The highest BCUT2D eigenvalue weighted by molar-refractivity contribution is 5.13. The van der Waals surface area contributed by atoms with Crippen molar-refractivity contribution < 1.29 is 9.47 Å². The first-order chi connectivity index (χ1) is 8.80. The average Bonchev–Trinajstić information content (AvgIpc) is 3.01. The van der Waals surface area contributed by atoms with Crippen LogP contribution in [0.3, 0.4) is 0 Å². The molecule has 1 heterocycles. The normalized spacial score (nSPS) is 35.8. The first kappa shape index (κ1) is 13.8. The van der Waals surface area contributed by atoms with Gasteiger partial charge in [-0.2, -0.15) is 5.26 Å². The fraction of sp³-hybridized carbons (Fsp3) is 0.929. The van der Waals surface area contributed by atoms with E-state index in [1.165, 1.54) is 0 Å². The van der Waals surface area contributed by atoms with Gasteiger partial charge in [-0.1, -0.05) is 13.3 Å². The molecule has 2 rings (SSSR count). The number of hydrogen-bond donors (Lipinski definition) is 1. The monoisotopic (exact) mass is 252 g/mol. The van der Waals surface area contributed by atoms with E-state index in [1.54, 1.807) is 0 Å². The average molecular weight is 252 g/mol. The van der Waals surface area contributed by atoms with Crippen molar-refractivity contribution in [1.82, 2.24) is 5.32 Å². The third-order valence-electron chi connectivity index (χ3n) is 4.22. The molecule has 0 radical (unpaired) electrons. The van der Waals surface area contributed by atoms with E-state index in [-0.39, 0.29) is 11.6 Å². The van der Waals surface area contributed by atoms with Crippen molar-refractivity contribution in [1.29, 1.82) is 5.26 Å². The Labute approximate surface area is 110 Å². The molecule has 0 aromatic heterocycles. The van der Waals surface area contributed by atoms with Crippen LogP contribution in [0.4, 0.5) is 0 Å². The summed E-state index contributed by atoms with van der Waals surface area (Å²) in [5.41, 5.74) is -0.301. The molecule has 0 aromatic rings. The zero-order chi connectivity index (χ0) is 12.8. The largest absolute Gasteiger partial charge is 0.379 e. The number of hydrogen-bond acceptors (Lipinski definition) is 4. The first-order valence-corrected chi connectivity index (χ1v) is 7.16. The number of ether oxygens (including phenoxy) is 2. The lowest BCUT2D eigenvalue weighted by atomic mass is 9.86. The summed E-state index contributed by atoms with van der Waals surface area (Å²) in [5, 5.41) is 12.9. The summed E-state index contributed by atoms with van der Waals surface area (Å²) in [5.74, 6) is 0.435. The standard InChI is InChI=1S/C14H24N2O2/c1-2-16-14(11-15)7-3-4-12(14)5-9-18-13-6-8-17-10-13/h12-13,16H,2-10H2,1H3. The van der Waals surface area contributed by atoms with Crippen molar-refractivity contribution in [3.8, 4) is 6.07 Å². The second-order valence-corrected chi connectivity index (χ2v) is 5.35. The van der Waals surface area contributed by atoms with Gasteiger partial charge in [0.1, 0.15) is 5.54 Å². The maximum Gasteiger partial charge on any atom is 0.109 e. The van der Waals surface area contributed by atoms with Crippen molar-refractivity contribution in [2.45, 2.75) is 50.7 Å². The Bertz CT molecular complexity index is 297. The van der Waals surface area contributed by atoms with Crippen LogP contribution >= 0.6 is 0 Å². The molecule has 1 saturated carbocycles. The van der Waals surface area contributed by atoms with Gasteiger partial charge in [0.2, 0.25) is 0 Å². The predicted octanol–water partition coefficient (Wildman–Crippen LogP) is 1.85. The highest BCUT2D eigenvalue weighted by Gasteiger charge is 2.42. The van der Waals surface area contributed by atoms with E-state index in [9.17, 15) is 5.26 Å². The number of nitrogens with one attached hydrogen (secondary N) is 1. The van der Waals surface area contributed by atoms with Gasteiger partial charge in [-0.25, -0.2) is 0 Å². The Morgan fingerprint density at radius 3 is 3.06 bits per heavy atom. The minimum absolute atomic E-state index is 0.280. The summed E-state index contributed by atoms with van der Waals surface area (Å²) in [6.07, 6.45) is 5.55. The molecule has 1 aliphatic heterocycles.